The molecule has 132 valence electrons. The monoisotopic (exact) mass is 340 g/mol. The number of rotatable bonds is 4. The summed E-state index contributed by atoms with van der Waals surface area (Å²) in [4.78, 5) is 14.2. The van der Waals surface area contributed by atoms with E-state index < -0.39 is 17.3 Å². The largest absolute Gasteiger partial charge is 0.416 e. The molecule has 0 spiro atoms. The minimum atomic E-state index is -4.30. The van der Waals surface area contributed by atoms with Gasteiger partial charge < -0.3 is 10.6 Å². The summed E-state index contributed by atoms with van der Waals surface area (Å²) in [6, 6.07) is 5.52. The number of nitrogens with zero attached hydrogens (tertiary/aromatic N) is 1. The summed E-state index contributed by atoms with van der Waals surface area (Å²) in [6.45, 7) is 1.43. The number of nitrogens with two attached hydrogens (primary N) is 1. The lowest BCUT2D eigenvalue weighted by Crippen LogP contribution is -2.49. The third kappa shape index (κ3) is 3.91. The van der Waals surface area contributed by atoms with Gasteiger partial charge in [0.2, 0.25) is 5.91 Å². The summed E-state index contributed by atoms with van der Waals surface area (Å²) < 4.78 is 38.3. The topological polar surface area (TPSA) is 46.3 Å². The Bertz CT molecular complexity index is 611. The lowest BCUT2D eigenvalue weighted by Gasteiger charge is -2.34. The standard InChI is InChI=1S/C18H23F3N2O/c19-18(20,21)15-5-1-3-13(11-15)6-7-14-4-2-10-23(12-14)16(24)17(22)8-9-17/h1,3,5,11,14H,2,4,6-10,12,22H2. The zero-order valence-corrected chi connectivity index (χ0v) is 13.6. The van der Waals surface area contributed by atoms with Crippen molar-refractivity contribution in [3.05, 3.63) is 35.4 Å². The zero-order chi connectivity index (χ0) is 17.4. The maximum absolute atomic E-state index is 12.8. The summed E-state index contributed by atoms with van der Waals surface area (Å²) in [5, 5.41) is 0. The molecule has 0 radical (unpaired) electrons. The van der Waals surface area contributed by atoms with Crippen LogP contribution in [0.3, 0.4) is 0 Å². The van der Waals surface area contributed by atoms with Crippen LogP contribution in [0.1, 0.15) is 43.2 Å². The molecule has 24 heavy (non-hydrogen) atoms. The van der Waals surface area contributed by atoms with Crippen LogP contribution in [0.15, 0.2) is 24.3 Å². The summed E-state index contributed by atoms with van der Waals surface area (Å²) in [5.74, 6) is 0.380. The Kier molecular flexibility index (Phi) is 4.60. The molecule has 1 atom stereocenters. The number of benzene rings is 1. The van der Waals surface area contributed by atoms with Gasteiger partial charge in [0.1, 0.15) is 0 Å². The van der Waals surface area contributed by atoms with Crippen LogP contribution in [0.4, 0.5) is 13.2 Å². The SMILES string of the molecule is NC1(C(=O)N2CCCC(CCc3cccc(C(F)(F)F)c3)C2)CC1. The molecule has 2 fully saturated rings. The van der Waals surface area contributed by atoms with Gasteiger partial charge in [-0.1, -0.05) is 18.2 Å². The number of halogens is 3. The maximum Gasteiger partial charge on any atom is 0.416 e. The van der Waals surface area contributed by atoms with E-state index in [9.17, 15) is 18.0 Å². The van der Waals surface area contributed by atoms with E-state index in [1.54, 1.807) is 6.07 Å². The van der Waals surface area contributed by atoms with Crippen molar-refractivity contribution in [1.29, 1.82) is 0 Å². The first-order valence-corrected chi connectivity index (χ1v) is 8.52. The number of piperidine rings is 1. The number of hydrogen-bond donors (Lipinski definition) is 1. The van der Waals surface area contributed by atoms with E-state index in [2.05, 4.69) is 0 Å². The predicted molar refractivity (Wildman–Crippen MR) is 85.2 cm³/mol. The number of alkyl halides is 3. The minimum absolute atomic E-state index is 0.0475. The summed E-state index contributed by atoms with van der Waals surface area (Å²) >= 11 is 0. The maximum atomic E-state index is 12.8. The number of amides is 1. The van der Waals surface area contributed by atoms with Crippen molar-refractivity contribution in [3.8, 4) is 0 Å². The smallest absolute Gasteiger partial charge is 0.341 e. The normalized spacial score (nSPS) is 23.2. The highest BCUT2D eigenvalue weighted by molar-refractivity contribution is 5.89. The molecule has 1 aliphatic heterocycles. The van der Waals surface area contributed by atoms with E-state index in [0.29, 0.717) is 24.4 Å². The average Bonchev–Trinajstić information content (AvgIpc) is 3.31. The molecule has 0 bridgehead atoms. The Morgan fingerprint density at radius 3 is 2.75 bits per heavy atom. The van der Waals surface area contributed by atoms with Gasteiger partial charge in [-0.2, -0.15) is 13.2 Å². The van der Waals surface area contributed by atoms with E-state index in [4.69, 9.17) is 5.73 Å². The van der Waals surface area contributed by atoms with Crippen LogP contribution < -0.4 is 5.73 Å². The fourth-order valence-corrected chi connectivity index (χ4v) is 3.42. The molecular formula is C18H23F3N2O. The van der Waals surface area contributed by atoms with E-state index in [1.807, 2.05) is 4.90 Å². The number of likely N-dealkylation sites (tertiary alicyclic amines) is 1. The molecule has 0 aromatic heterocycles. The Morgan fingerprint density at radius 2 is 2.08 bits per heavy atom. The zero-order valence-electron chi connectivity index (χ0n) is 13.6. The number of carbonyl (C=O) groups excluding carboxylic acids is 1. The van der Waals surface area contributed by atoms with Crippen LogP contribution in [0, 0.1) is 5.92 Å². The quantitative estimate of drug-likeness (QED) is 0.913. The highest BCUT2D eigenvalue weighted by Gasteiger charge is 2.48. The van der Waals surface area contributed by atoms with Crippen LogP contribution in [-0.4, -0.2) is 29.4 Å². The van der Waals surface area contributed by atoms with Gasteiger partial charge in [0.25, 0.3) is 0 Å². The highest BCUT2D eigenvalue weighted by atomic mass is 19.4. The van der Waals surface area contributed by atoms with Gasteiger partial charge in [-0.25, -0.2) is 0 Å². The van der Waals surface area contributed by atoms with E-state index in [1.165, 1.54) is 12.1 Å². The fourth-order valence-electron chi connectivity index (χ4n) is 3.42. The molecule has 1 heterocycles. The average molecular weight is 340 g/mol. The van der Waals surface area contributed by atoms with E-state index in [-0.39, 0.29) is 5.91 Å². The van der Waals surface area contributed by atoms with Crippen molar-refractivity contribution in [2.24, 2.45) is 11.7 Å². The predicted octanol–water partition coefficient (Wildman–Crippen LogP) is 3.37. The first-order chi connectivity index (χ1) is 11.3. The number of hydrogen-bond acceptors (Lipinski definition) is 2. The van der Waals surface area contributed by atoms with Crippen LogP contribution in [-0.2, 0) is 17.4 Å². The molecule has 2 aliphatic rings. The van der Waals surface area contributed by atoms with Gasteiger partial charge in [-0.05, 0) is 56.1 Å². The van der Waals surface area contributed by atoms with Gasteiger partial charge in [0, 0.05) is 13.1 Å². The third-order valence-electron chi connectivity index (χ3n) is 5.12. The van der Waals surface area contributed by atoms with Gasteiger partial charge in [-0.3, -0.25) is 4.79 Å². The first kappa shape index (κ1) is 17.3. The Hall–Kier alpha value is -1.56. The third-order valence-corrected chi connectivity index (χ3v) is 5.12. The van der Waals surface area contributed by atoms with Gasteiger partial charge in [-0.15, -0.1) is 0 Å². The van der Waals surface area contributed by atoms with Crippen LogP contribution >= 0.6 is 0 Å². The molecular weight excluding hydrogens is 317 g/mol. The molecule has 1 unspecified atom stereocenters. The molecule has 3 rings (SSSR count). The Labute approximate surface area is 140 Å². The highest BCUT2D eigenvalue weighted by Crippen LogP contribution is 2.36. The van der Waals surface area contributed by atoms with Crippen molar-refractivity contribution in [2.75, 3.05) is 13.1 Å². The molecule has 3 nitrogen and oxygen atoms in total. The molecule has 2 N–H and O–H groups in total. The first-order valence-electron chi connectivity index (χ1n) is 8.52. The van der Waals surface area contributed by atoms with Gasteiger partial charge >= 0.3 is 6.18 Å². The fraction of sp³-hybridized carbons (Fsp3) is 0.611. The molecule has 1 amide bonds. The summed E-state index contributed by atoms with van der Waals surface area (Å²) in [7, 11) is 0. The van der Waals surface area contributed by atoms with Crippen molar-refractivity contribution >= 4 is 5.91 Å². The molecule has 1 saturated carbocycles. The van der Waals surface area contributed by atoms with E-state index in [0.717, 1.165) is 44.7 Å². The lowest BCUT2D eigenvalue weighted by atomic mass is 9.91. The van der Waals surface area contributed by atoms with Crippen molar-refractivity contribution in [2.45, 2.75) is 50.2 Å². The lowest BCUT2D eigenvalue weighted by molar-refractivity contribution is -0.137. The molecule has 1 aliphatic carbocycles. The molecule has 1 aromatic rings. The number of aryl methyl sites for hydroxylation is 1. The summed E-state index contributed by atoms with van der Waals surface area (Å²) in [5.41, 5.74) is 5.46. The summed E-state index contributed by atoms with van der Waals surface area (Å²) in [6.07, 6.45) is 0.570. The van der Waals surface area contributed by atoms with Crippen molar-refractivity contribution in [3.63, 3.8) is 0 Å². The Balaban J connectivity index is 1.56. The second kappa shape index (κ2) is 6.39. The van der Waals surface area contributed by atoms with Gasteiger partial charge in [0.05, 0.1) is 11.1 Å². The molecule has 1 saturated heterocycles. The minimum Gasteiger partial charge on any atom is -0.341 e. The van der Waals surface area contributed by atoms with Crippen LogP contribution in [0.5, 0.6) is 0 Å². The molecule has 6 heteroatoms. The van der Waals surface area contributed by atoms with Crippen molar-refractivity contribution in [1.82, 2.24) is 4.90 Å². The van der Waals surface area contributed by atoms with Crippen LogP contribution in [0.25, 0.3) is 0 Å². The van der Waals surface area contributed by atoms with E-state index >= 15 is 0 Å². The van der Waals surface area contributed by atoms with Gasteiger partial charge in [0.15, 0.2) is 0 Å². The second-order valence-corrected chi connectivity index (χ2v) is 7.15. The second-order valence-electron chi connectivity index (χ2n) is 7.15. The number of carbonyl (C=O) groups is 1. The van der Waals surface area contributed by atoms with Crippen molar-refractivity contribution < 1.29 is 18.0 Å². The molecule has 1 aromatic carbocycles. The Morgan fingerprint density at radius 1 is 1.33 bits per heavy atom. The van der Waals surface area contributed by atoms with Crippen LogP contribution in [0.2, 0.25) is 0 Å².